The monoisotopic (exact) mass is 466 g/mol. The predicted molar refractivity (Wildman–Crippen MR) is 127 cm³/mol. The van der Waals surface area contributed by atoms with E-state index in [2.05, 4.69) is 9.80 Å². The first kappa shape index (κ1) is 22.7. The van der Waals surface area contributed by atoms with Crippen molar-refractivity contribution in [2.45, 2.75) is 13.0 Å². The number of allylic oxidation sites excluding steroid dienone is 1. The Morgan fingerprint density at radius 1 is 1.03 bits per heavy atom. The third-order valence-electron chi connectivity index (χ3n) is 6.45. The standard InChI is InChI=1S/C26H30N2O6/c1-30-22-6-3-5-18(25(22)31-2)15-23-24(29)19-7-8-21-20(26(19)34-23)16-28(17-33-21)10-4-9-27-11-13-32-14-12-27/h3,5-8,15H,4,9-14,16-17H2,1-2H3/b23-15-. The minimum atomic E-state index is -0.146. The Hall–Kier alpha value is -3.07. The predicted octanol–water partition coefficient (Wildman–Crippen LogP) is 3.19. The lowest BCUT2D eigenvalue weighted by molar-refractivity contribution is 0.0329. The van der Waals surface area contributed by atoms with Crippen LogP contribution < -0.4 is 18.9 Å². The molecule has 2 aromatic carbocycles. The second-order valence-electron chi connectivity index (χ2n) is 8.58. The number of fused-ring (bicyclic) bond motifs is 3. The highest BCUT2D eigenvalue weighted by atomic mass is 16.5. The zero-order valence-electron chi connectivity index (χ0n) is 19.7. The third-order valence-corrected chi connectivity index (χ3v) is 6.45. The Balaban J connectivity index is 1.32. The Bertz CT molecular complexity index is 1090. The van der Waals surface area contributed by atoms with Crippen molar-refractivity contribution < 1.29 is 28.5 Å². The number of Topliss-reactive ketones (excluding diaryl/α,β-unsaturated/α-hetero) is 1. The molecule has 0 amide bonds. The number of ether oxygens (including phenoxy) is 5. The quantitative estimate of drug-likeness (QED) is 0.577. The zero-order valence-corrected chi connectivity index (χ0v) is 19.7. The van der Waals surface area contributed by atoms with Gasteiger partial charge in [-0.1, -0.05) is 12.1 Å². The SMILES string of the molecule is COc1cccc(/C=C2\Oc3c(ccc4c3CN(CCCN3CCOCC3)CO4)C2=O)c1OC. The molecule has 3 aliphatic heterocycles. The van der Waals surface area contributed by atoms with E-state index in [0.29, 0.717) is 41.7 Å². The third kappa shape index (κ3) is 4.49. The van der Waals surface area contributed by atoms with Crippen molar-refractivity contribution in [2.75, 3.05) is 60.3 Å². The summed E-state index contributed by atoms with van der Waals surface area (Å²) in [5.74, 6) is 2.64. The van der Waals surface area contributed by atoms with E-state index in [-0.39, 0.29) is 11.5 Å². The number of ketones is 1. The first-order valence-corrected chi connectivity index (χ1v) is 11.6. The van der Waals surface area contributed by atoms with Gasteiger partial charge in [0.05, 0.1) is 38.6 Å². The molecule has 8 heteroatoms. The summed E-state index contributed by atoms with van der Waals surface area (Å²) in [6.45, 7) is 6.80. The molecule has 8 nitrogen and oxygen atoms in total. The molecular formula is C26H30N2O6. The molecule has 5 rings (SSSR count). The maximum atomic E-state index is 13.1. The second kappa shape index (κ2) is 10.0. The van der Waals surface area contributed by atoms with Gasteiger partial charge in [0.2, 0.25) is 5.78 Å². The molecular weight excluding hydrogens is 436 g/mol. The largest absolute Gasteiger partial charge is 0.493 e. The van der Waals surface area contributed by atoms with Crippen LogP contribution in [0.4, 0.5) is 0 Å². The van der Waals surface area contributed by atoms with Crippen molar-refractivity contribution in [1.82, 2.24) is 9.80 Å². The van der Waals surface area contributed by atoms with Crippen molar-refractivity contribution in [1.29, 1.82) is 0 Å². The number of carbonyl (C=O) groups is 1. The van der Waals surface area contributed by atoms with E-state index in [4.69, 9.17) is 23.7 Å². The molecule has 0 bridgehead atoms. The van der Waals surface area contributed by atoms with Crippen molar-refractivity contribution >= 4 is 11.9 Å². The summed E-state index contributed by atoms with van der Waals surface area (Å²) in [4.78, 5) is 17.8. The summed E-state index contributed by atoms with van der Waals surface area (Å²) < 4.78 is 28.4. The fraction of sp³-hybridized carbons (Fsp3) is 0.423. The first-order valence-electron chi connectivity index (χ1n) is 11.6. The van der Waals surface area contributed by atoms with E-state index in [9.17, 15) is 4.79 Å². The van der Waals surface area contributed by atoms with Crippen LogP contribution in [0.15, 0.2) is 36.1 Å². The molecule has 34 heavy (non-hydrogen) atoms. The van der Waals surface area contributed by atoms with Crippen molar-refractivity contribution in [3.63, 3.8) is 0 Å². The molecule has 1 fully saturated rings. The second-order valence-corrected chi connectivity index (χ2v) is 8.58. The summed E-state index contributed by atoms with van der Waals surface area (Å²) in [5.41, 5.74) is 2.20. The lowest BCUT2D eigenvalue weighted by Crippen LogP contribution is -2.39. The Morgan fingerprint density at radius 3 is 2.65 bits per heavy atom. The lowest BCUT2D eigenvalue weighted by atomic mass is 10.0. The number of benzene rings is 2. The van der Waals surface area contributed by atoms with Gasteiger partial charge >= 0.3 is 0 Å². The number of para-hydroxylation sites is 1. The normalized spacial score (nSPS) is 19.4. The topological polar surface area (TPSA) is 69.7 Å². The summed E-state index contributed by atoms with van der Waals surface area (Å²) in [6.07, 6.45) is 2.76. The van der Waals surface area contributed by atoms with E-state index in [0.717, 1.165) is 57.1 Å². The summed E-state index contributed by atoms with van der Waals surface area (Å²) in [5, 5.41) is 0. The minimum absolute atomic E-state index is 0.146. The van der Waals surface area contributed by atoms with Crippen molar-refractivity contribution in [2.24, 2.45) is 0 Å². The van der Waals surface area contributed by atoms with Gasteiger partial charge < -0.3 is 23.7 Å². The first-order chi connectivity index (χ1) is 16.7. The smallest absolute Gasteiger partial charge is 0.231 e. The van der Waals surface area contributed by atoms with Crippen LogP contribution >= 0.6 is 0 Å². The van der Waals surface area contributed by atoms with Crippen LogP contribution in [0, 0.1) is 0 Å². The van der Waals surface area contributed by atoms with Crippen molar-refractivity contribution in [3.05, 3.63) is 52.8 Å². The van der Waals surface area contributed by atoms with E-state index >= 15 is 0 Å². The van der Waals surface area contributed by atoms with Gasteiger partial charge in [-0.05, 0) is 37.2 Å². The highest BCUT2D eigenvalue weighted by molar-refractivity contribution is 6.15. The molecule has 180 valence electrons. The number of hydrogen-bond acceptors (Lipinski definition) is 8. The molecule has 0 saturated carbocycles. The molecule has 0 N–H and O–H groups in total. The maximum Gasteiger partial charge on any atom is 0.231 e. The van der Waals surface area contributed by atoms with Gasteiger partial charge in [-0.3, -0.25) is 14.6 Å². The van der Waals surface area contributed by atoms with Crippen LogP contribution in [-0.4, -0.2) is 75.9 Å². The molecule has 0 spiro atoms. The Kier molecular flexibility index (Phi) is 6.71. The fourth-order valence-corrected chi connectivity index (χ4v) is 4.66. The van der Waals surface area contributed by atoms with Gasteiger partial charge in [0, 0.05) is 31.7 Å². The van der Waals surface area contributed by atoms with Gasteiger partial charge in [0.25, 0.3) is 0 Å². The molecule has 0 aromatic heterocycles. The number of methoxy groups -OCH3 is 2. The van der Waals surface area contributed by atoms with Crippen LogP contribution in [0.3, 0.4) is 0 Å². The van der Waals surface area contributed by atoms with Crippen molar-refractivity contribution in [3.8, 4) is 23.0 Å². The van der Waals surface area contributed by atoms with Crippen LogP contribution in [-0.2, 0) is 11.3 Å². The summed E-state index contributed by atoms with van der Waals surface area (Å²) in [7, 11) is 3.16. The molecule has 0 radical (unpaired) electrons. The molecule has 3 aliphatic rings. The van der Waals surface area contributed by atoms with E-state index in [1.807, 2.05) is 24.3 Å². The van der Waals surface area contributed by atoms with Gasteiger partial charge in [0.15, 0.2) is 17.3 Å². The average molecular weight is 467 g/mol. The van der Waals surface area contributed by atoms with Gasteiger partial charge in [-0.2, -0.15) is 0 Å². The molecule has 0 atom stereocenters. The number of hydrogen-bond donors (Lipinski definition) is 0. The molecule has 3 heterocycles. The number of morpholine rings is 1. The summed E-state index contributed by atoms with van der Waals surface area (Å²) in [6, 6.07) is 9.19. The number of carbonyl (C=O) groups excluding carboxylic acids is 1. The van der Waals surface area contributed by atoms with E-state index in [1.54, 1.807) is 26.4 Å². The molecule has 0 unspecified atom stereocenters. The molecule has 0 aliphatic carbocycles. The Morgan fingerprint density at radius 2 is 1.85 bits per heavy atom. The van der Waals surface area contributed by atoms with Crippen LogP contribution in [0.5, 0.6) is 23.0 Å². The zero-order chi connectivity index (χ0) is 23.5. The number of rotatable bonds is 7. The maximum absolute atomic E-state index is 13.1. The van der Waals surface area contributed by atoms with Gasteiger partial charge in [0.1, 0.15) is 18.2 Å². The molecule has 1 saturated heterocycles. The summed E-state index contributed by atoms with van der Waals surface area (Å²) >= 11 is 0. The Labute approximate surface area is 199 Å². The average Bonchev–Trinajstić information content (AvgIpc) is 3.20. The fourth-order valence-electron chi connectivity index (χ4n) is 4.66. The van der Waals surface area contributed by atoms with Gasteiger partial charge in [-0.25, -0.2) is 0 Å². The highest BCUT2D eigenvalue weighted by Crippen LogP contribution is 2.42. The van der Waals surface area contributed by atoms with E-state index in [1.165, 1.54) is 0 Å². The molecule has 2 aromatic rings. The lowest BCUT2D eigenvalue weighted by Gasteiger charge is -2.31. The van der Waals surface area contributed by atoms with Crippen LogP contribution in [0.2, 0.25) is 0 Å². The van der Waals surface area contributed by atoms with E-state index < -0.39 is 0 Å². The van der Waals surface area contributed by atoms with Crippen LogP contribution in [0.1, 0.15) is 27.9 Å². The highest BCUT2D eigenvalue weighted by Gasteiger charge is 2.34. The van der Waals surface area contributed by atoms with Gasteiger partial charge in [-0.15, -0.1) is 0 Å². The number of nitrogens with zero attached hydrogens (tertiary/aromatic N) is 2. The van der Waals surface area contributed by atoms with Crippen LogP contribution in [0.25, 0.3) is 6.08 Å². The minimum Gasteiger partial charge on any atom is -0.493 e.